The predicted molar refractivity (Wildman–Crippen MR) is 56.1 cm³/mol. The summed E-state index contributed by atoms with van der Waals surface area (Å²) in [6, 6.07) is 0.241. The molecule has 1 saturated carbocycles. The average molecular weight is 222 g/mol. The largest absolute Gasteiger partial charge is 0.408 e. The molecule has 2 heterocycles. The van der Waals surface area contributed by atoms with Crippen molar-refractivity contribution in [2.45, 2.75) is 31.7 Å². The number of nitrogens with zero attached hydrogens (tertiary/aromatic N) is 3. The molecule has 1 atom stereocenters. The van der Waals surface area contributed by atoms with Crippen molar-refractivity contribution in [2.75, 3.05) is 18.0 Å². The summed E-state index contributed by atoms with van der Waals surface area (Å²) in [6.07, 6.45) is 2.27. The summed E-state index contributed by atoms with van der Waals surface area (Å²) >= 11 is 0. The molecule has 1 aliphatic heterocycles. The molecule has 0 spiro atoms. The first-order chi connectivity index (χ1) is 7.75. The Balaban J connectivity index is 1.81. The molecule has 6 nitrogen and oxygen atoms in total. The first-order valence-electron chi connectivity index (χ1n) is 5.63. The molecule has 1 aromatic rings. The number of carbonyl (C=O) groups excluding carboxylic acids is 1. The van der Waals surface area contributed by atoms with Crippen molar-refractivity contribution in [3.63, 3.8) is 0 Å². The summed E-state index contributed by atoms with van der Waals surface area (Å²) in [5.41, 5.74) is 0. The second-order valence-corrected chi connectivity index (χ2v) is 4.36. The van der Waals surface area contributed by atoms with Gasteiger partial charge in [-0.3, -0.25) is 4.79 Å². The van der Waals surface area contributed by atoms with Crippen molar-refractivity contribution in [1.29, 1.82) is 0 Å². The fourth-order valence-corrected chi connectivity index (χ4v) is 1.88. The summed E-state index contributed by atoms with van der Waals surface area (Å²) in [5, 5.41) is 10.8. The lowest BCUT2D eigenvalue weighted by atomic mass is 10.2. The van der Waals surface area contributed by atoms with Gasteiger partial charge in [0, 0.05) is 19.0 Å². The third kappa shape index (κ3) is 1.54. The fourth-order valence-electron chi connectivity index (χ4n) is 1.88. The van der Waals surface area contributed by atoms with E-state index in [9.17, 15) is 4.79 Å². The minimum Gasteiger partial charge on any atom is -0.408 e. The van der Waals surface area contributed by atoms with Crippen LogP contribution in [-0.2, 0) is 4.79 Å². The van der Waals surface area contributed by atoms with Gasteiger partial charge in [0.1, 0.15) is 6.04 Å². The molecule has 1 saturated heterocycles. The second kappa shape index (κ2) is 3.47. The van der Waals surface area contributed by atoms with Gasteiger partial charge >= 0.3 is 6.01 Å². The molecule has 0 radical (unpaired) electrons. The first-order valence-corrected chi connectivity index (χ1v) is 5.63. The van der Waals surface area contributed by atoms with Crippen LogP contribution in [0, 0.1) is 0 Å². The molecule has 3 rings (SSSR count). The Hall–Kier alpha value is -1.59. The van der Waals surface area contributed by atoms with Crippen LogP contribution in [0.4, 0.5) is 6.01 Å². The molecule has 6 heteroatoms. The van der Waals surface area contributed by atoms with Gasteiger partial charge in [-0.2, -0.15) is 0 Å². The second-order valence-electron chi connectivity index (χ2n) is 4.36. The normalized spacial score (nSPS) is 25.7. The molecule has 86 valence electrons. The number of rotatable bonds is 2. The van der Waals surface area contributed by atoms with E-state index in [1.54, 1.807) is 0 Å². The van der Waals surface area contributed by atoms with E-state index in [4.69, 9.17) is 4.42 Å². The average Bonchev–Trinajstić information content (AvgIpc) is 3.02. The minimum atomic E-state index is -0.235. The molecular formula is C10H14N4O2. The number of aromatic nitrogens is 2. The molecule has 1 N–H and O–H groups in total. The van der Waals surface area contributed by atoms with Gasteiger partial charge in [0.15, 0.2) is 0 Å². The van der Waals surface area contributed by atoms with Crippen LogP contribution in [0.5, 0.6) is 0 Å². The Morgan fingerprint density at radius 1 is 1.44 bits per heavy atom. The third-order valence-electron chi connectivity index (χ3n) is 3.10. The van der Waals surface area contributed by atoms with E-state index in [0.29, 0.717) is 24.4 Å². The van der Waals surface area contributed by atoms with E-state index in [1.807, 2.05) is 11.8 Å². The van der Waals surface area contributed by atoms with E-state index in [-0.39, 0.29) is 11.9 Å². The number of carbonyl (C=O) groups is 1. The number of piperazine rings is 1. The number of amides is 1. The molecule has 1 aromatic heterocycles. The van der Waals surface area contributed by atoms with Crippen molar-refractivity contribution in [2.24, 2.45) is 0 Å². The highest BCUT2D eigenvalue weighted by atomic mass is 16.4. The molecule has 16 heavy (non-hydrogen) atoms. The zero-order valence-corrected chi connectivity index (χ0v) is 9.14. The highest BCUT2D eigenvalue weighted by molar-refractivity contribution is 5.85. The molecule has 2 aliphatic rings. The van der Waals surface area contributed by atoms with Crippen LogP contribution in [0.2, 0.25) is 0 Å². The zero-order chi connectivity index (χ0) is 11.1. The van der Waals surface area contributed by atoms with Gasteiger partial charge in [-0.15, -0.1) is 5.10 Å². The summed E-state index contributed by atoms with van der Waals surface area (Å²) in [7, 11) is 0. The maximum Gasteiger partial charge on any atom is 0.318 e. The highest BCUT2D eigenvalue weighted by Gasteiger charge is 2.33. The topological polar surface area (TPSA) is 71.3 Å². The van der Waals surface area contributed by atoms with Gasteiger partial charge < -0.3 is 14.6 Å². The van der Waals surface area contributed by atoms with Crippen LogP contribution in [0.3, 0.4) is 0 Å². The van der Waals surface area contributed by atoms with Gasteiger partial charge in [-0.1, -0.05) is 5.10 Å². The maximum absolute atomic E-state index is 11.5. The van der Waals surface area contributed by atoms with Gasteiger partial charge in [-0.25, -0.2) is 0 Å². The van der Waals surface area contributed by atoms with E-state index in [2.05, 4.69) is 15.5 Å². The third-order valence-corrected chi connectivity index (χ3v) is 3.10. The number of hydrogen-bond acceptors (Lipinski definition) is 5. The van der Waals surface area contributed by atoms with Gasteiger partial charge in [0.05, 0.1) is 0 Å². The molecular weight excluding hydrogens is 208 g/mol. The standard InChI is InChI=1S/C10H14N4O2/c1-6-8(15)11-4-5-14(6)10-13-12-9(16-10)7-2-3-7/h6-7H,2-5H2,1H3,(H,11,15). The summed E-state index contributed by atoms with van der Waals surface area (Å²) < 4.78 is 5.59. The predicted octanol–water partition coefficient (Wildman–Crippen LogP) is 0.272. The van der Waals surface area contributed by atoms with Crippen LogP contribution < -0.4 is 10.2 Å². The monoisotopic (exact) mass is 222 g/mol. The van der Waals surface area contributed by atoms with Crippen LogP contribution in [0.15, 0.2) is 4.42 Å². The van der Waals surface area contributed by atoms with Crippen LogP contribution >= 0.6 is 0 Å². The zero-order valence-electron chi connectivity index (χ0n) is 9.14. The molecule has 1 aliphatic carbocycles. The molecule has 1 unspecified atom stereocenters. The van der Waals surface area contributed by atoms with E-state index in [0.717, 1.165) is 19.4 Å². The van der Waals surface area contributed by atoms with Gasteiger partial charge in [-0.05, 0) is 19.8 Å². The number of hydrogen-bond donors (Lipinski definition) is 1. The van der Waals surface area contributed by atoms with Crippen molar-refractivity contribution < 1.29 is 9.21 Å². The summed E-state index contributed by atoms with van der Waals surface area (Å²) in [5.74, 6) is 1.18. The van der Waals surface area contributed by atoms with Crippen molar-refractivity contribution in [1.82, 2.24) is 15.5 Å². The lowest BCUT2D eigenvalue weighted by Gasteiger charge is -2.30. The Morgan fingerprint density at radius 3 is 3.00 bits per heavy atom. The Bertz CT molecular complexity index is 413. The minimum absolute atomic E-state index is 0.0115. The Kier molecular flexibility index (Phi) is 2.08. The number of nitrogens with one attached hydrogen (secondary N) is 1. The molecule has 1 amide bonds. The fraction of sp³-hybridized carbons (Fsp3) is 0.700. The lowest BCUT2D eigenvalue weighted by molar-refractivity contribution is -0.123. The van der Waals surface area contributed by atoms with Crippen LogP contribution in [0.1, 0.15) is 31.6 Å². The smallest absolute Gasteiger partial charge is 0.318 e. The Morgan fingerprint density at radius 2 is 2.25 bits per heavy atom. The quantitative estimate of drug-likeness (QED) is 0.777. The summed E-state index contributed by atoms with van der Waals surface area (Å²) in [4.78, 5) is 13.3. The van der Waals surface area contributed by atoms with Crippen molar-refractivity contribution >= 4 is 11.9 Å². The van der Waals surface area contributed by atoms with Crippen LogP contribution in [-0.4, -0.2) is 35.2 Å². The van der Waals surface area contributed by atoms with Crippen molar-refractivity contribution in [3.8, 4) is 0 Å². The SMILES string of the molecule is CC1C(=O)NCCN1c1nnc(C2CC2)o1. The van der Waals surface area contributed by atoms with E-state index in [1.165, 1.54) is 0 Å². The summed E-state index contributed by atoms with van der Waals surface area (Å²) in [6.45, 7) is 3.19. The molecule has 2 fully saturated rings. The van der Waals surface area contributed by atoms with Gasteiger partial charge in [0.25, 0.3) is 0 Å². The molecule has 0 aromatic carbocycles. The van der Waals surface area contributed by atoms with Crippen LogP contribution in [0.25, 0.3) is 0 Å². The molecule has 0 bridgehead atoms. The lowest BCUT2D eigenvalue weighted by Crippen LogP contribution is -2.54. The highest BCUT2D eigenvalue weighted by Crippen LogP contribution is 2.39. The maximum atomic E-state index is 11.5. The van der Waals surface area contributed by atoms with E-state index >= 15 is 0 Å². The van der Waals surface area contributed by atoms with Crippen molar-refractivity contribution in [3.05, 3.63) is 5.89 Å². The number of anilines is 1. The first kappa shape index (κ1) is 9.62. The van der Waals surface area contributed by atoms with E-state index < -0.39 is 0 Å². The van der Waals surface area contributed by atoms with Gasteiger partial charge in [0.2, 0.25) is 11.8 Å². The Labute approximate surface area is 93.0 Å².